The first kappa shape index (κ1) is 14.4. The Morgan fingerprint density at radius 3 is 2.17 bits per heavy atom. The normalized spacial score (nSPS) is 15.6. The van der Waals surface area contributed by atoms with Crippen molar-refractivity contribution in [3.63, 3.8) is 0 Å². The maximum Gasteiger partial charge on any atom is 0.235 e. The molecule has 1 aromatic carbocycles. The smallest absolute Gasteiger partial charge is 0.235 e. The summed E-state index contributed by atoms with van der Waals surface area (Å²) in [5, 5.41) is 12.2. The molecular weight excluding hydrogens is 230 g/mol. The molecule has 0 saturated heterocycles. The van der Waals surface area contributed by atoms with Gasteiger partial charge in [-0.1, -0.05) is 25.1 Å². The monoisotopic (exact) mass is 249 g/mol. The highest BCUT2D eigenvalue weighted by molar-refractivity contribution is 6.06. The summed E-state index contributed by atoms with van der Waals surface area (Å²) in [5.74, 6) is -1.85. The van der Waals surface area contributed by atoms with Gasteiger partial charge in [0.25, 0.3) is 0 Å². The molecule has 0 radical (unpaired) electrons. The molecule has 3 atom stereocenters. The van der Waals surface area contributed by atoms with Crippen LogP contribution in [-0.2, 0) is 9.59 Å². The topological polar surface area (TPSA) is 66.4 Å². The van der Waals surface area contributed by atoms with E-state index in [2.05, 4.69) is 5.32 Å². The van der Waals surface area contributed by atoms with Crippen LogP contribution in [0.3, 0.4) is 0 Å². The Morgan fingerprint density at radius 1 is 1.17 bits per heavy atom. The van der Waals surface area contributed by atoms with Crippen molar-refractivity contribution in [3.05, 3.63) is 30.3 Å². The second kappa shape index (κ2) is 6.31. The van der Waals surface area contributed by atoms with Crippen LogP contribution in [0.4, 0.5) is 5.69 Å². The summed E-state index contributed by atoms with van der Waals surface area (Å²) in [7, 11) is 0. The zero-order chi connectivity index (χ0) is 13.7. The molecule has 0 fully saturated rings. The third-order valence-electron chi connectivity index (χ3n) is 3.05. The highest BCUT2D eigenvalue weighted by Crippen LogP contribution is 2.19. The summed E-state index contributed by atoms with van der Waals surface area (Å²) < 4.78 is 0. The van der Waals surface area contributed by atoms with Crippen molar-refractivity contribution in [2.45, 2.75) is 26.9 Å². The van der Waals surface area contributed by atoms with Crippen molar-refractivity contribution in [3.8, 4) is 0 Å². The first-order valence-electron chi connectivity index (χ1n) is 5.98. The van der Waals surface area contributed by atoms with Gasteiger partial charge in [0.1, 0.15) is 11.7 Å². The number of hydrogen-bond donors (Lipinski definition) is 2. The lowest BCUT2D eigenvalue weighted by atomic mass is 9.86. The second-order valence-electron chi connectivity index (χ2n) is 4.54. The molecule has 0 aliphatic carbocycles. The van der Waals surface area contributed by atoms with Crippen LogP contribution in [0.15, 0.2) is 30.3 Å². The van der Waals surface area contributed by atoms with Crippen molar-refractivity contribution in [1.82, 2.24) is 0 Å². The standard InChI is InChI=1S/C14H19NO3/c1-9(10(2)16)13(11(3)17)14(18)15-12-7-5-4-6-8-12/h4-10,13,16H,1-3H3,(H,15,18). The predicted molar refractivity (Wildman–Crippen MR) is 70.1 cm³/mol. The molecule has 1 amide bonds. The quantitative estimate of drug-likeness (QED) is 0.783. The summed E-state index contributed by atoms with van der Waals surface area (Å²) in [6.07, 6.45) is -0.708. The zero-order valence-corrected chi connectivity index (χ0v) is 10.9. The van der Waals surface area contributed by atoms with Gasteiger partial charge in [0, 0.05) is 11.6 Å². The fraction of sp³-hybridized carbons (Fsp3) is 0.429. The molecule has 4 heteroatoms. The minimum absolute atomic E-state index is 0.239. The SMILES string of the molecule is CC(=O)C(C(=O)Nc1ccccc1)C(C)C(C)O. The van der Waals surface area contributed by atoms with E-state index >= 15 is 0 Å². The van der Waals surface area contributed by atoms with Crippen LogP contribution in [0.2, 0.25) is 0 Å². The number of nitrogens with one attached hydrogen (secondary N) is 1. The van der Waals surface area contributed by atoms with E-state index in [1.807, 2.05) is 6.07 Å². The fourth-order valence-corrected chi connectivity index (χ4v) is 1.81. The van der Waals surface area contributed by atoms with E-state index < -0.39 is 17.9 Å². The Kier molecular flexibility index (Phi) is 5.04. The summed E-state index contributed by atoms with van der Waals surface area (Å²) in [4.78, 5) is 23.6. The first-order valence-corrected chi connectivity index (χ1v) is 5.98. The van der Waals surface area contributed by atoms with Crippen LogP contribution in [0.1, 0.15) is 20.8 Å². The molecule has 98 valence electrons. The van der Waals surface area contributed by atoms with Crippen LogP contribution >= 0.6 is 0 Å². The minimum atomic E-state index is -0.829. The number of rotatable bonds is 5. The number of aliphatic hydroxyl groups is 1. The number of carbonyl (C=O) groups is 2. The molecular formula is C14H19NO3. The Labute approximate surface area is 107 Å². The van der Waals surface area contributed by atoms with Crippen LogP contribution in [-0.4, -0.2) is 22.9 Å². The molecule has 0 aliphatic heterocycles. The van der Waals surface area contributed by atoms with E-state index in [0.29, 0.717) is 5.69 Å². The maximum absolute atomic E-state index is 12.1. The van der Waals surface area contributed by atoms with Gasteiger partial charge in [0.05, 0.1) is 6.10 Å². The van der Waals surface area contributed by atoms with E-state index in [-0.39, 0.29) is 11.7 Å². The molecule has 0 aromatic heterocycles. The van der Waals surface area contributed by atoms with Crippen LogP contribution in [0, 0.1) is 11.8 Å². The van der Waals surface area contributed by atoms with Gasteiger partial charge in [-0.05, 0) is 26.0 Å². The zero-order valence-electron chi connectivity index (χ0n) is 10.9. The van der Waals surface area contributed by atoms with E-state index in [9.17, 15) is 14.7 Å². The van der Waals surface area contributed by atoms with Gasteiger partial charge >= 0.3 is 0 Å². The lowest BCUT2D eigenvalue weighted by Crippen LogP contribution is -2.37. The highest BCUT2D eigenvalue weighted by atomic mass is 16.3. The number of Topliss-reactive ketones (excluding diaryl/α,β-unsaturated/α-hetero) is 1. The van der Waals surface area contributed by atoms with Gasteiger partial charge in [-0.3, -0.25) is 9.59 Å². The molecule has 3 unspecified atom stereocenters. The van der Waals surface area contributed by atoms with Gasteiger partial charge in [-0.2, -0.15) is 0 Å². The molecule has 0 aliphatic rings. The van der Waals surface area contributed by atoms with Crippen molar-refractivity contribution in [2.24, 2.45) is 11.8 Å². The molecule has 18 heavy (non-hydrogen) atoms. The van der Waals surface area contributed by atoms with E-state index in [4.69, 9.17) is 0 Å². The fourth-order valence-electron chi connectivity index (χ4n) is 1.81. The van der Waals surface area contributed by atoms with Crippen molar-refractivity contribution in [1.29, 1.82) is 0 Å². The molecule has 0 saturated carbocycles. The Bertz CT molecular complexity index is 414. The lowest BCUT2D eigenvalue weighted by Gasteiger charge is -2.23. The molecule has 4 nitrogen and oxygen atoms in total. The van der Waals surface area contributed by atoms with Gasteiger partial charge in [-0.15, -0.1) is 0 Å². The Morgan fingerprint density at radius 2 is 1.72 bits per heavy atom. The number of benzene rings is 1. The number of amides is 1. The maximum atomic E-state index is 12.1. The summed E-state index contributed by atoms with van der Waals surface area (Å²) in [5.41, 5.74) is 0.645. The first-order chi connectivity index (χ1) is 8.43. The summed E-state index contributed by atoms with van der Waals surface area (Å²) in [6.45, 7) is 4.64. The average molecular weight is 249 g/mol. The van der Waals surface area contributed by atoms with Crippen LogP contribution < -0.4 is 5.32 Å². The molecule has 0 heterocycles. The Balaban J connectivity index is 2.81. The molecule has 0 bridgehead atoms. The summed E-state index contributed by atoms with van der Waals surface area (Å²) >= 11 is 0. The summed E-state index contributed by atoms with van der Waals surface area (Å²) in [6, 6.07) is 8.95. The molecule has 1 aromatic rings. The van der Waals surface area contributed by atoms with E-state index in [1.54, 1.807) is 38.1 Å². The third-order valence-corrected chi connectivity index (χ3v) is 3.05. The number of hydrogen-bond acceptors (Lipinski definition) is 3. The largest absolute Gasteiger partial charge is 0.393 e. The number of para-hydroxylation sites is 1. The van der Waals surface area contributed by atoms with Gasteiger partial charge in [-0.25, -0.2) is 0 Å². The molecule has 2 N–H and O–H groups in total. The van der Waals surface area contributed by atoms with E-state index in [1.165, 1.54) is 6.92 Å². The highest BCUT2D eigenvalue weighted by Gasteiger charge is 2.32. The van der Waals surface area contributed by atoms with Gasteiger partial charge in [0.15, 0.2) is 0 Å². The molecule has 0 spiro atoms. The van der Waals surface area contributed by atoms with Crippen LogP contribution in [0.25, 0.3) is 0 Å². The van der Waals surface area contributed by atoms with Crippen molar-refractivity contribution >= 4 is 17.4 Å². The van der Waals surface area contributed by atoms with Crippen LogP contribution in [0.5, 0.6) is 0 Å². The Hall–Kier alpha value is -1.68. The number of carbonyl (C=O) groups excluding carboxylic acids is 2. The average Bonchev–Trinajstić information content (AvgIpc) is 2.29. The third kappa shape index (κ3) is 3.67. The number of anilines is 1. The second-order valence-corrected chi connectivity index (χ2v) is 4.54. The van der Waals surface area contributed by atoms with Crippen molar-refractivity contribution in [2.75, 3.05) is 5.32 Å². The number of ketones is 1. The predicted octanol–water partition coefficient (Wildman–Crippen LogP) is 1.85. The van der Waals surface area contributed by atoms with Crippen molar-refractivity contribution < 1.29 is 14.7 Å². The lowest BCUT2D eigenvalue weighted by molar-refractivity contribution is -0.133. The van der Waals surface area contributed by atoms with E-state index in [0.717, 1.165) is 0 Å². The minimum Gasteiger partial charge on any atom is -0.393 e. The van der Waals surface area contributed by atoms with Gasteiger partial charge in [0.2, 0.25) is 5.91 Å². The van der Waals surface area contributed by atoms with Gasteiger partial charge < -0.3 is 10.4 Å². The molecule has 1 rings (SSSR count). The number of aliphatic hydroxyl groups excluding tert-OH is 1.